The van der Waals surface area contributed by atoms with Gasteiger partial charge in [0.25, 0.3) is 5.91 Å². The van der Waals surface area contributed by atoms with Crippen molar-refractivity contribution in [3.8, 4) is 0 Å². The van der Waals surface area contributed by atoms with Crippen LogP contribution in [0.3, 0.4) is 0 Å². The Morgan fingerprint density at radius 1 is 1.03 bits per heavy atom. The van der Waals surface area contributed by atoms with E-state index in [1.165, 1.54) is 18.2 Å². The number of aryl methyl sites for hydroxylation is 2. The third-order valence-electron chi connectivity index (χ3n) is 4.66. The zero-order chi connectivity index (χ0) is 21.3. The van der Waals surface area contributed by atoms with E-state index in [9.17, 15) is 9.18 Å². The summed E-state index contributed by atoms with van der Waals surface area (Å²) in [6.07, 6.45) is 0. The summed E-state index contributed by atoms with van der Waals surface area (Å²) in [4.78, 5) is 17.5. The van der Waals surface area contributed by atoms with Crippen LogP contribution in [0.4, 0.5) is 15.8 Å². The third kappa shape index (κ3) is 4.11. The van der Waals surface area contributed by atoms with Gasteiger partial charge in [-0.05, 0) is 55.8 Å². The largest absolute Gasteiger partial charge is 0.438 e. The van der Waals surface area contributed by atoms with Crippen molar-refractivity contribution in [3.05, 3.63) is 99.8 Å². The monoisotopic (exact) mass is 420 g/mol. The average molecular weight is 421 g/mol. The predicted molar refractivity (Wildman–Crippen MR) is 117 cm³/mol. The fourth-order valence-corrected chi connectivity index (χ4v) is 3.30. The summed E-state index contributed by atoms with van der Waals surface area (Å²) in [6, 6.07) is 18.9. The molecule has 0 bridgehead atoms. The Morgan fingerprint density at radius 2 is 1.83 bits per heavy atom. The molecule has 0 fully saturated rings. The van der Waals surface area contributed by atoms with Crippen molar-refractivity contribution >= 4 is 39.9 Å². The predicted octanol–water partition coefficient (Wildman–Crippen LogP) is 6.33. The van der Waals surface area contributed by atoms with Crippen LogP contribution < -0.4 is 10.9 Å². The Labute approximate surface area is 177 Å². The molecule has 0 radical (unpaired) electrons. The molecule has 150 valence electrons. The highest BCUT2D eigenvalue weighted by molar-refractivity contribution is 6.31. The van der Waals surface area contributed by atoms with E-state index >= 15 is 0 Å². The summed E-state index contributed by atoms with van der Waals surface area (Å²) in [5.41, 5.74) is 4.08. The van der Waals surface area contributed by atoms with Crippen LogP contribution in [-0.4, -0.2) is 5.91 Å². The van der Waals surface area contributed by atoms with Gasteiger partial charge in [0.05, 0.1) is 10.7 Å². The van der Waals surface area contributed by atoms with E-state index in [-0.39, 0.29) is 22.0 Å². The molecule has 0 aliphatic heterocycles. The second-order valence-corrected chi connectivity index (χ2v) is 7.39. The number of benzene rings is 3. The molecule has 4 aromatic rings. The topological polar surface area (TPSA) is 54.6 Å². The average Bonchev–Trinajstić information content (AvgIpc) is 2.72. The zero-order valence-electron chi connectivity index (χ0n) is 16.4. The summed E-state index contributed by atoms with van der Waals surface area (Å²) in [5, 5.41) is 3.63. The highest BCUT2D eigenvalue weighted by Gasteiger charge is 2.14. The van der Waals surface area contributed by atoms with E-state index in [0.29, 0.717) is 17.0 Å². The molecule has 0 aliphatic carbocycles. The molecule has 1 aromatic heterocycles. The summed E-state index contributed by atoms with van der Waals surface area (Å²) < 4.78 is 19.4. The minimum atomic E-state index is -0.543. The van der Waals surface area contributed by atoms with E-state index < -0.39 is 5.82 Å². The molecule has 0 unspecified atom stereocenters. The van der Waals surface area contributed by atoms with Crippen LogP contribution in [0, 0.1) is 19.7 Å². The van der Waals surface area contributed by atoms with Crippen LogP contribution in [0.1, 0.15) is 21.5 Å². The van der Waals surface area contributed by atoms with Gasteiger partial charge < -0.3 is 9.73 Å². The number of nitrogens with zero attached hydrogens (tertiary/aromatic N) is 1. The number of hydrogen-bond donors (Lipinski definition) is 1. The van der Waals surface area contributed by atoms with Crippen molar-refractivity contribution < 1.29 is 13.6 Å². The Kier molecular flexibility index (Phi) is 5.38. The number of anilines is 1. The van der Waals surface area contributed by atoms with Crippen LogP contribution in [-0.2, 0) is 0 Å². The number of fused-ring (bicyclic) bond motifs is 1. The molecule has 6 heteroatoms. The van der Waals surface area contributed by atoms with Crippen molar-refractivity contribution in [1.29, 1.82) is 0 Å². The van der Waals surface area contributed by atoms with Crippen molar-refractivity contribution in [2.75, 3.05) is 5.32 Å². The molecular formula is C24H18ClFN2O2. The molecule has 0 atom stereocenters. The minimum absolute atomic E-state index is 0.0571. The number of carbonyl (C=O) groups is 1. The molecule has 4 rings (SSSR count). The number of nitrogens with one attached hydrogen (secondary N) is 1. The molecule has 1 heterocycles. The van der Waals surface area contributed by atoms with Crippen LogP contribution in [0.15, 0.2) is 76.1 Å². The molecule has 30 heavy (non-hydrogen) atoms. The van der Waals surface area contributed by atoms with E-state index in [1.807, 2.05) is 50.2 Å². The highest BCUT2D eigenvalue weighted by atomic mass is 35.5. The van der Waals surface area contributed by atoms with Gasteiger partial charge >= 0.3 is 0 Å². The summed E-state index contributed by atoms with van der Waals surface area (Å²) in [6.45, 7) is 3.92. The van der Waals surface area contributed by atoms with E-state index in [2.05, 4.69) is 10.3 Å². The minimum Gasteiger partial charge on any atom is -0.438 e. The number of carbonyl (C=O) groups excluding carboxylic acids is 1. The Hall–Kier alpha value is -3.44. The quantitative estimate of drug-likeness (QED) is 0.421. The molecule has 1 N–H and O–H groups in total. The van der Waals surface area contributed by atoms with Gasteiger partial charge in [0.1, 0.15) is 17.0 Å². The number of rotatable bonds is 3. The molecule has 1 amide bonds. The lowest BCUT2D eigenvalue weighted by molar-refractivity contribution is 0.102. The SMILES string of the molecule is Cc1ccc(NC(=O)c2cc3ccccc3oc2=Nc2ccc(F)c(Cl)c2)c(C)c1. The van der Waals surface area contributed by atoms with Crippen molar-refractivity contribution in [2.24, 2.45) is 4.99 Å². The van der Waals surface area contributed by atoms with Crippen molar-refractivity contribution in [3.63, 3.8) is 0 Å². The van der Waals surface area contributed by atoms with E-state index in [1.54, 1.807) is 12.1 Å². The van der Waals surface area contributed by atoms with E-state index in [4.69, 9.17) is 16.0 Å². The fourth-order valence-electron chi connectivity index (χ4n) is 3.13. The summed E-state index contributed by atoms with van der Waals surface area (Å²) >= 11 is 5.87. The van der Waals surface area contributed by atoms with Gasteiger partial charge in [-0.15, -0.1) is 0 Å². The highest BCUT2D eigenvalue weighted by Crippen LogP contribution is 2.22. The van der Waals surface area contributed by atoms with Gasteiger partial charge in [0.15, 0.2) is 0 Å². The van der Waals surface area contributed by atoms with Crippen LogP contribution in [0.5, 0.6) is 0 Å². The Morgan fingerprint density at radius 3 is 2.60 bits per heavy atom. The second-order valence-electron chi connectivity index (χ2n) is 6.99. The first-order valence-electron chi connectivity index (χ1n) is 9.32. The molecule has 0 saturated heterocycles. The summed E-state index contributed by atoms with van der Waals surface area (Å²) in [5.74, 6) is -0.901. The lowest BCUT2D eigenvalue weighted by Crippen LogP contribution is -2.22. The molecule has 0 spiro atoms. The van der Waals surface area contributed by atoms with E-state index in [0.717, 1.165) is 16.5 Å². The molecule has 4 nitrogen and oxygen atoms in total. The number of amides is 1. The van der Waals surface area contributed by atoms with Crippen LogP contribution in [0.25, 0.3) is 11.0 Å². The van der Waals surface area contributed by atoms with Crippen LogP contribution in [0.2, 0.25) is 5.02 Å². The lowest BCUT2D eigenvalue weighted by Gasteiger charge is -2.10. The van der Waals surface area contributed by atoms with Gasteiger partial charge in [-0.2, -0.15) is 0 Å². The van der Waals surface area contributed by atoms with Gasteiger partial charge in [0, 0.05) is 11.1 Å². The maximum atomic E-state index is 13.5. The van der Waals surface area contributed by atoms with Crippen LogP contribution >= 0.6 is 11.6 Å². The molecule has 0 aliphatic rings. The van der Waals surface area contributed by atoms with Gasteiger partial charge in [0.2, 0.25) is 5.55 Å². The smallest absolute Gasteiger partial charge is 0.261 e. The van der Waals surface area contributed by atoms with Gasteiger partial charge in [-0.3, -0.25) is 4.79 Å². The molecule has 3 aromatic carbocycles. The number of halogens is 2. The maximum absolute atomic E-state index is 13.5. The first kappa shape index (κ1) is 19.9. The molecular weight excluding hydrogens is 403 g/mol. The van der Waals surface area contributed by atoms with Crippen molar-refractivity contribution in [1.82, 2.24) is 0 Å². The number of para-hydroxylation sites is 1. The lowest BCUT2D eigenvalue weighted by atomic mass is 10.1. The number of hydrogen-bond acceptors (Lipinski definition) is 3. The maximum Gasteiger partial charge on any atom is 0.261 e. The summed E-state index contributed by atoms with van der Waals surface area (Å²) in [7, 11) is 0. The fraction of sp³-hybridized carbons (Fsp3) is 0.0833. The first-order chi connectivity index (χ1) is 14.4. The third-order valence-corrected chi connectivity index (χ3v) is 4.95. The Balaban J connectivity index is 1.84. The second kappa shape index (κ2) is 8.13. The first-order valence-corrected chi connectivity index (χ1v) is 9.70. The Bertz CT molecular complexity index is 1340. The normalized spacial score (nSPS) is 11.7. The zero-order valence-corrected chi connectivity index (χ0v) is 17.1. The molecule has 0 saturated carbocycles. The van der Waals surface area contributed by atoms with Gasteiger partial charge in [-0.1, -0.05) is 47.5 Å². The standard InChI is InChI=1S/C24H18ClFN2O2/c1-14-7-10-21(15(2)11-14)28-23(29)18-12-16-5-3-4-6-22(16)30-24(18)27-17-8-9-20(26)19(25)13-17/h3-13H,1-2H3,(H,28,29). The van der Waals surface area contributed by atoms with Crippen molar-refractivity contribution in [2.45, 2.75) is 13.8 Å². The van der Waals surface area contributed by atoms with Gasteiger partial charge in [-0.25, -0.2) is 9.38 Å².